The third-order valence-electron chi connectivity index (χ3n) is 2.84. The lowest BCUT2D eigenvalue weighted by Crippen LogP contribution is -2.12. The fraction of sp³-hybridized carbons (Fsp3) is 0.538. The van der Waals surface area contributed by atoms with Gasteiger partial charge in [0.2, 0.25) is 0 Å². The third kappa shape index (κ3) is 3.65. The van der Waals surface area contributed by atoms with Gasteiger partial charge in [-0.15, -0.1) is 0 Å². The molecule has 1 rings (SSSR count). The normalized spacial score (nSPS) is 11.0. The molecule has 1 aromatic carbocycles. The number of rotatable bonds is 5. The lowest BCUT2D eigenvalue weighted by Gasteiger charge is -2.12. The van der Waals surface area contributed by atoms with Crippen LogP contribution in [0.5, 0.6) is 0 Å². The Labute approximate surface area is 91.6 Å². The Morgan fingerprint density at radius 3 is 2.40 bits per heavy atom. The van der Waals surface area contributed by atoms with E-state index in [0.717, 1.165) is 12.8 Å². The highest BCUT2D eigenvalue weighted by Gasteiger charge is 2.07. The minimum absolute atomic E-state index is 0.0184. The van der Waals surface area contributed by atoms with Crippen LogP contribution in [0.3, 0.4) is 0 Å². The summed E-state index contributed by atoms with van der Waals surface area (Å²) >= 11 is 0. The molecule has 0 fully saturated rings. The zero-order chi connectivity index (χ0) is 11.3. The molecule has 0 saturated heterocycles. The Balaban J connectivity index is 2.60. The zero-order valence-corrected chi connectivity index (χ0v) is 9.53. The van der Waals surface area contributed by atoms with Crippen molar-refractivity contribution in [1.82, 2.24) is 0 Å². The minimum Gasteiger partial charge on any atom is -0.396 e. The van der Waals surface area contributed by atoms with Crippen molar-refractivity contribution in [2.45, 2.75) is 26.7 Å². The molecular weight excluding hydrogens is 188 g/mol. The van der Waals surface area contributed by atoms with E-state index in [4.69, 9.17) is 10.2 Å². The Kier molecular flexibility index (Phi) is 4.79. The highest BCUT2D eigenvalue weighted by atomic mass is 16.3. The van der Waals surface area contributed by atoms with Crippen LogP contribution >= 0.6 is 0 Å². The predicted molar refractivity (Wildman–Crippen MR) is 61.9 cm³/mol. The molecule has 0 aliphatic heterocycles. The maximum Gasteiger partial charge on any atom is 0.0481 e. The fourth-order valence-electron chi connectivity index (χ4n) is 1.67. The molecule has 0 spiro atoms. The molecule has 15 heavy (non-hydrogen) atoms. The van der Waals surface area contributed by atoms with Crippen molar-refractivity contribution < 1.29 is 10.2 Å². The maximum atomic E-state index is 8.97. The molecule has 0 aliphatic rings. The van der Waals surface area contributed by atoms with E-state index in [9.17, 15) is 0 Å². The van der Waals surface area contributed by atoms with Gasteiger partial charge < -0.3 is 10.2 Å². The van der Waals surface area contributed by atoms with E-state index in [1.165, 1.54) is 16.7 Å². The van der Waals surface area contributed by atoms with Crippen molar-refractivity contribution in [2.24, 2.45) is 5.92 Å². The first-order chi connectivity index (χ1) is 7.17. The van der Waals surface area contributed by atoms with Crippen molar-refractivity contribution >= 4 is 0 Å². The monoisotopic (exact) mass is 208 g/mol. The van der Waals surface area contributed by atoms with Crippen molar-refractivity contribution in [1.29, 1.82) is 0 Å². The van der Waals surface area contributed by atoms with Gasteiger partial charge in [-0.05, 0) is 37.8 Å². The molecule has 0 saturated carbocycles. The number of hydrogen-bond acceptors (Lipinski definition) is 2. The number of aliphatic hydroxyl groups excluding tert-OH is 2. The molecule has 0 aliphatic carbocycles. The van der Waals surface area contributed by atoms with Crippen LogP contribution in [0, 0.1) is 19.8 Å². The Bertz CT molecular complexity index is 303. The van der Waals surface area contributed by atoms with Crippen LogP contribution in [0.25, 0.3) is 0 Å². The first kappa shape index (κ1) is 12.2. The first-order valence-corrected chi connectivity index (χ1v) is 5.45. The van der Waals surface area contributed by atoms with Crippen LogP contribution in [0.4, 0.5) is 0 Å². The number of aryl methyl sites for hydroxylation is 3. The van der Waals surface area contributed by atoms with Crippen LogP contribution < -0.4 is 0 Å². The van der Waals surface area contributed by atoms with E-state index in [0.29, 0.717) is 0 Å². The summed E-state index contributed by atoms with van der Waals surface area (Å²) in [5, 5.41) is 17.9. The van der Waals surface area contributed by atoms with Gasteiger partial charge in [-0.3, -0.25) is 0 Å². The van der Waals surface area contributed by atoms with Gasteiger partial charge in [0.05, 0.1) is 0 Å². The summed E-state index contributed by atoms with van der Waals surface area (Å²) in [4.78, 5) is 0. The van der Waals surface area contributed by atoms with E-state index < -0.39 is 0 Å². The summed E-state index contributed by atoms with van der Waals surface area (Å²) in [6.45, 7) is 4.32. The van der Waals surface area contributed by atoms with E-state index in [-0.39, 0.29) is 19.1 Å². The summed E-state index contributed by atoms with van der Waals surface area (Å²) in [5.74, 6) is 0.0184. The van der Waals surface area contributed by atoms with Crippen molar-refractivity contribution in [2.75, 3.05) is 13.2 Å². The predicted octanol–water partition coefficient (Wildman–Crippen LogP) is 1.84. The number of aliphatic hydroxyl groups is 2. The summed E-state index contributed by atoms with van der Waals surface area (Å²) in [6, 6.07) is 6.41. The highest BCUT2D eigenvalue weighted by molar-refractivity contribution is 5.30. The lowest BCUT2D eigenvalue weighted by molar-refractivity contribution is 0.144. The largest absolute Gasteiger partial charge is 0.396 e. The lowest BCUT2D eigenvalue weighted by atomic mass is 9.96. The first-order valence-electron chi connectivity index (χ1n) is 5.45. The molecule has 2 N–H and O–H groups in total. The molecule has 0 unspecified atom stereocenters. The van der Waals surface area contributed by atoms with Crippen molar-refractivity contribution in [3.63, 3.8) is 0 Å². The van der Waals surface area contributed by atoms with Crippen LogP contribution in [0.2, 0.25) is 0 Å². The summed E-state index contributed by atoms with van der Waals surface area (Å²) in [5.41, 5.74) is 3.87. The highest BCUT2D eigenvalue weighted by Crippen LogP contribution is 2.15. The van der Waals surface area contributed by atoms with Gasteiger partial charge in [-0.25, -0.2) is 0 Å². The van der Waals surface area contributed by atoms with Gasteiger partial charge in [0.25, 0.3) is 0 Å². The van der Waals surface area contributed by atoms with E-state index >= 15 is 0 Å². The average molecular weight is 208 g/mol. The van der Waals surface area contributed by atoms with E-state index in [2.05, 4.69) is 32.0 Å². The molecule has 0 heterocycles. The van der Waals surface area contributed by atoms with Gasteiger partial charge in [-0.1, -0.05) is 23.8 Å². The SMILES string of the molecule is Cc1ccc(C)c(CCC(CO)CO)c1. The average Bonchev–Trinajstić information content (AvgIpc) is 2.24. The van der Waals surface area contributed by atoms with Gasteiger partial charge >= 0.3 is 0 Å². The molecule has 84 valence electrons. The number of benzene rings is 1. The van der Waals surface area contributed by atoms with E-state index in [1.807, 2.05) is 0 Å². The van der Waals surface area contributed by atoms with E-state index in [1.54, 1.807) is 0 Å². The molecule has 0 radical (unpaired) electrons. The number of hydrogen-bond donors (Lipinski definition) is 2. The molecule has 0 amide bonds. The summed E-state index contributed by atoms with van der Waals surface area (Å²) in [7, 11) is 0. The standard InChI is InChI=1S/C13H20O2/c1-10-3-4-11(2)13(7-10)6-5-12(8-14)9-15/h3-4,7,12,14-15H,5-6,8-9H2,1-2H3. The van der Waals surface area contributed by atoms with Crippen LogP contribution in [-0.4, -0.2) is 23.4 Å². The third-order valence-corrected chi connectivity index (χ3v) is 2.84. The molecule has 1 aromatic rings. The summed E-state index contributed by atoms with van der Waals surface area (Å²) in [6.07, 6.45) is 1.77. The molecule has 2 nitrogen and oxygen atoms in total. The molecule has 0 aromatic heterocycles. The van der Waals surface area contributed by atoms with Crippen LogP contribution in [0.1, 0.15) is 23.1 Å². The van der Waals surface area contributed by atoms with Gasteiger partial charge in [-0.2, -0.15) is 0 Å². The Hall–Kier alpha value is -0.860. The topological polar surface area (TPSA) is 40.5 Å². The smallest absolute Gasteiger partial charge is 0.0481 e. The minimum atomic E-state index is 0.0184. The van der Waals surface area contributed by atoms with Gasteiger partial charge in [0.1, 0.15) is 0 Å². The fourth-order valence-corrected chi connectivity index (χ4v) is 1.67. The molecule has 0 atom stereocenters. The van der Waals surface area contributed by atoms with Gasteiger partial charge in [0.15, 0.2) is 0 Å². The van der Waals surface area contributed by atoms with Gasteiger partial charge in [0, 0.05) is 19.1 Å². The summed E-state index contributed by atoms with van der Waals surface area (Å²) < 4.78 is 0. The second-order valence-corrected chi connectivity index (χ2v) is 4.20. The zero-order valence-electron chi connectivity index (χ0n) is 9.53. The second-order valence-electron chi connectivity index (χ2n) is 4.20. The Morgan fingerprint density at radius 1 is 1.13 bits per heavy atom. The molecule has 0 bridgehead atoms. The quantitative estimate of drug-likeness (QED) is 0.775. The second kappa shape index (κ2) is 5.89. The van der Waals surface area contributed by atoms with Crippen molar-refractivity contribution in [3.8, 4) is 0 Å². The molecule has 2 heteroatoms. The van der Waals surface area contributed by atoms with Crippen molar-refractivity contribution in [3.05, 3.63) is 34.9 Å². The van der Waals surface area contributed by atoms with Crippen LogP contribution in [0.15, 0.2) is 18.2 Å². The molecular formula is C13H20O2. The maximum absolute atomic E-state index is 8.97. The Morgan fingerprint density at radius 2 is 1.80 bits per heavy atom. The van der Waals surface area contributed by atoms with Crippen LogP contribution in [-0.2, 0) is 6.42 Å².